The average Bonchev–Trinajstić information content (AvgIpc) is 3.26. The van der Waals surface area contributed by atoms with Crippen LogP contribution in [0.25, 0.3) is 0 Å². The molecule has 0 aromatic rings. The van der Waals surface area contributed by atoms with E-state index in [2.05, 4.69) is 51.3 Å². The van der Waals surface area contributed by atoms with Crippen LogP contribution in [0.15, 0.2) is 0 Å². The van der Waals surface area contributed by atoms with Crippen LogP contribution in [-0.2, 0) is 9.59 Å². The van der Waals surface area contributed by atoms with Crippen molar-refractivity contribution in [3.8, 4) is 0 Å². The normalized spacial score (nSPS) is 12.3. The number of hydrogen-bond donors (Lipinski definition) is 0. The Morgan fingerprint density at radius 3 is 0.651 bits per heavy atom. The molecule has 0 aliphatic heterocycles. The number of hydrogen-bond acceptors (Lipinski definition) is 6. The van der Waals surface area contributed by atoms with Gasteiger partial charge in [-0.2, -0.15) is 0 Å². The van der Waals surface area contributed by atoms with Crippen LogP contribution in [0.2, 0.25) is 0 Å². The minimum absolute atomic E-state index is 0. The SMILES string of the molecule is CCCCCCCCCCCN(CCCCCCCCCCC)C(CC)CCC(=O)[O-].CCCCCCCCCCCN(CCCCCCCCCCC)C(CC)CCC(=O)[O-].[Ca+2]. The number of nitrogens with zero attached hydrogens (tertiary/aromatic N) is 2. The third kappa shape index (κ3) is 51.4. The van der Waals surface area contributed by atoms with Crippen molar-refractivity contribution < 1.29 is 19.8 Å². The number of carboxylic acid groups (broad SMARTS) is 2. The topological polar surface area (TPSA) is 86.7 Å². The predicted molar refractivity (Wildman–Crippen MR) is 274 cm³/mol. The van der Waals surface area contributed by atoms with Crippen LogP contribution in [0.5, 0.6) is 0 Å². The van der Waals surface area contributed by atoms with E-state index in [0.717, 1.165) is 51.9 Å². The zero-order valence-electron chi connectivity index (χ0n) is 43.9. The van der Waals surface area contributed by atoms with Crippen LogP contribution < -0.4 is 10.2 Å². The summed E-state index contributed by atoms with van der Waals surface area (Å²) in [4.78, 5) is 27.1. The van der Waals surface area contributed by atoms with Crippen molar-refractivity contribution in [1.82, 2.24) is 9.80 Å². The molecule has 0 aliphatic rings. The molecule has 2 atom stereocenters. The maximum atomic E-state index is 11.0. The Morgan fingerprint density at radius 1 is 0.317 bits per heavy atom. The van der Waals surface area contributed by atoms with Crippen LogP contribution in [0.4, 0.5) is 0 Å². The minimum atomic E-state index is -0.899. The van der Waals surface area contributed by atoms with Crippen molar-refractivity contribution in [2.24, 2.45) is 0 Å². The zero-order valence-corrected chi connectivity index (χ0v) is 46.1. The first-order valence-electron chi connectivity index (χ1n) is 28.2. The van der Waals surface area contributed by atoms with Gasteiger partial charge in [-0.15, -0.1) is 0 Å². The van der Waals surface area contributed by atoms with E-state index in [1.807, 2.05) is 0 Å². The molecule has 0 bridgehead atoms. The standard InChI is InChI=1S/2C28H57NO2.Ca/c2*1-4-7-9-11-13-15-17-19-21-25-29(27(6-3)23-24-28(30)31)26-22-20-18-16-14-12-10-8-5-2;/h2*27H,4-26H2,1-3H3,(H,30,31);/q;;+2/p-2. The van der Waals surface area contributed by atoms with Gasteiger partial charge in [0.2, 0.25) is 0 Å². The summed E-state index contributed by atoms with van der Waals surface area (Å²) in [5.74, 6) is -1.80. The first-order chi connectivity index (χ1) is 30.3. The van der Waals surface area contributed by atoms with E-state index < -0.39 is 11.9 Å². The fourth-order valence-electron chi connectivity index (χ4n) is 9.31. The van der Waals surface area contributed by atoms with Gasteiger partial charge in [0.05, 0.1) is 0 Å². The summed E-state index contributed by atoms with van der Waals surface area (Å²) in [5.41, 5.74) is 0. The van der Waals surface area contributed by atoms with Gasteiger partial charge in [-0.25, -0.2) is 0 Å². The van der Waals surface area contributed by atoms with Crippen molar-refractivity contribution in [3.63, 3.8) is 0 Å². The summed E-state index contributed by atoms with van der Waals surface area (Å²) in [6.07, 6.45) is 52.9. The number of rotatable bonds is 50. The molecule has 0 aromatic heterocycles. The monoisotopic (exact) mass is 917 g/mol. The second-order valence-corrected chi connectivity index (χ2v) is 19.3. The quantitative estimate of drug-likeness (QED) is 0.0446. The number of aliphatic carboxylic acids is 2. The summed E-state index contributed by atoms with van der Waals surface area (Å²) in [6, 6.07) is 0.807. The van der Waals surface area contributed by atoms with E-state index in [4.69, 9.17) is 0 Å². The van der Waals surface area contributed by atoms with Crippen molar-refractivity contribution >= 4 is 49.7 Å². The maximum Gasteiger partial charge on any atom is 2.00 e. The number of carboxylic acids is 2. The van der Waals surface area contributed by atoms with Crippen LogP contribution in [0, 0.1) is 0 Å². The van der Waals surface area contributed by atoms with Crippen LogP contribution in [0.1, 0.15) is 311 Å². The van der Waals surface area contributed by atoms with Crippen molar-refractivity contribution in [1.29, 1.82) is 0 Å². The Balaban J connectivity index is -0.00000112. The predicted octanol–water partition coefficient (Wildman–Crippen LogP) is 14.9. The van der Waals surface area contributed by atoms with Gasteiger partial charge in [0.1, 0.15) is 0 Å². The largest absolute Gasteiger partial charge is 2.00 e. The molecule has 6 nitrogen and oxygen atoms in total. The Bertz CT molecular complexity index is 777. The van der Waals surface area contributed by atoms with Crippen LogP contribution >= 0.6 is 0 Å². The molecule has 372 valence electrons. The Morgan fingerprint density at radius 2 is 0.492 bits per heavy atom. The van der Waals surface area contributed by atoms with E-state index >= 15 is 0 Å². The van der Waals surface area contributed by atoms with Gasteiger partial charge in [0.15, 0.2) is 0 Å². The van der Waals surface area contributed by atoms with Crippen LogP contribution in [0.3, 0.4) is 0 Å². The molecule has 63 heavy (non-hydrogen) atoms. The first kappa shape index (κ1) is 67.4. The third-order valence-corrected chi connectivity index (χ3v) is 13.5. The zero-order chi connectivity index (χ0) is 46.0. The molecular weight excluding hydrogens is 805 g/mol. The molecule has 0 rings (SSSR count). The summed E-state index contributed by atoms with van der Waals surface area (Å²) < 4.78 is 0. The van der Waals surface area contributed by atoms with E-state index in [1.54, 1.807) is 0 Å². The molecule has 0 fully saturated rings. The molecule has 0 heterocycles. The summed E-state index contributed by atoms with van der Waals surface area (Å²) in [5, 5.41) is 21.9. The molecule has 0 aromatic carbocycles. The number of unbranched alkanes of at least 4 members (excludes halogenated alkanes) is 32. The average molecular weight is 918 g/mol. The molecule has 2 unspecified atom stereocenters. The van der Waals surface area contributed by atoms with E-state index in [0.29, 0.717) is 12.1 Å². The minimum Gasteiger partial charge on any atom is -0.550 e. The fraction of sp³-hybridized carbons (Fsp3) is 0.964. The fourth-order valence-corrected chi connectivity index (χ4v) is 9.31. The van der Waals surface area contributed by atoms with E-state index in [9.17, 15) is 19.8 Å². The summed E-state index contributed by atoms with van der Waals surface area (Å²) in [6.45, 7) is 18.1. The molecule has 0 saturated carbocycles. The molecular formula is C56H112CaN2O4. The molecule has 0 aliphatic carbocycles. The van der Waals surface area contributed by atoms with Gasteiger partial charge in [-0.05, 0) is 90.4 Å². The van der Waals surface area contributed by atoms with Gasteiger partial charge in [0.25, 0.3) is 0 Å². The van der Waals surface area contributed by atoms with E-state index in [-0.39, 0.29) is 50.6 Å². The molecule has 0 spiro atoms. The number of carbonyl (C=O) groups is 2. The van der Waals surface area contributed by atoms with Gasteiger partial charge in [-0.3, -0.25) is 0 Å². The Kier molecular flexibility index (Phi) is 60.4. The second kappa shape index (κ2) is 56.4. The van der Waals surface area contributed by atoms with Gasteiger partial charge in [0, 0.05) is 24.0 Å². The van der Waals surface area contributed by atoms with Crippen LogP contribution in [-0.4, -0.2) is 97.7 Å². The van der Waals surface area contributed by atoms with Crippen molar-refractivity contribution in [3.05, 3.63) is 0 Å². The first-order valence-corrected chi connectivity index (χ1v) is 28.2. The molecule has 7 heteroatoms. The molecule has 0 radical (unpaired) electrons. The second-order valence-electron chi connectivity index (χ2n) is 19.3. The Hall–Kier alpha value is 0.120. The van der Waals surface area contributed by atoms with Gasteiger partial charge >= 0.3 is 37.7 Å². The smallest absolute Gasteiger partial charge is 0.550 e. The van der Waals surface area contributed by atoms with E-state index in [1.165, 1.54) is 231 Å². The van der Waals surface area contributed by atoms with Crippen molar-refractivity contribution in [2.75, 3.05) is 26.2 Å². The molecule has 0 saturated heterocycles. The van der Waals surface area contributed by atoms with Crippen molar-refractivity contribution in [2.45, 2.75) is 323 Å². The summed E-state index contributed by atoms with van der Waals surface area (Å²) in [7, 11) is 0. The number of carbonyl (C=O) groups excluding carboxylic acids is 2. The molecule has 0 amide bonds. The summed E-state index contributed by atoms with van der Waals surface area (Å²) >= 11 is 0. The van der Waals surface area contributed by atoms with Gasteiger partial charge < -0.3 is 29.6 Å². The third-order valence-electron chi connectivity index (χ3n) is 13.5. The molecule has 0 N–H and O–H groups in total. The Labute approximate surface area is 425 Å². The van der Waals surface area contributed by atoms with Gasteiger partial charge in [-0.1, -0.05) is 247 Å². The maximum absolute atomic E-state index is 11.0.